The zero-order valence-electron chi connectivity index (χ0n) is 7.57. The first-order valence-electron chi connectivity index (χ1n) is 3.86. The van der Waals surface area contributed by atoms with E-state index in [0.717, 1.165) is 7.11 Å². The van der Waals surface area contributed by atoms with Crippen molar-refractivity contribution in [1.82, 2.24) is 0 Å². The Kier molecular flexibility index (Phi) is 5.58. The lowest BCUT2D eigenvalue weighted by atomic mass is 10.0. The number of hydrogen-bond donors (Lipinski definition) is 5. The molecule has 14 heavy (non-hydrogen) atoms. The molecule has 5 N–H and O–H groups in total. The molecule has 0 aliphatic rings. The minimum Gasteiger partial charge on any atom is -0.467 e. The van der Waals surface area contributed by atoms with E-state index in [9.17, 15) is 4.79 Å². The van der Waals surface area contributed by atoms with Gasteiger partial charge in [-0.25, -0.2) is 4.79 Å². The first-order valence-corrected chi connectivity index (χ1v) is 3.86. The SMILES string of the molecule is COC(=O)C(O)C(O)C(O)C(O)CO. The molecule has 0 spiro atoms. The van der Waals surface area contributed by atoms with Gasteiger partial charge < -0.3 is 30.3 Å². The van der Waals surface area contributed by atoms with Crippen LogP contribution in [0, 0.1) is 0 Å². The molecule has 0 heterocycles. The normalized spacial score (nSPS) is 19.6. The summed E-state index contributed by atoms with van der Waals surface area (Å²) < 4.78 is 4.09. The second-order valence-corrected chi connectivity index (χ2v) is 2.70. The quantitative estimate of drug-likeness (QED) is 0.299. The van der Waals surface area contributed by atoms with Crippen LogP contribution in [-0.4, -0.2) is 69.6 Å². The average Bonchev–Trinajstić information content (AvgIpc) is 2.23. The third-order valence-corrected chi connectivity index (χ3v) is 1.70. The van der Waals surface area contributed by atoms with Crippen LogP contribution in [0.5, 0.6) is 0 Å². The molecule has 0 amide bonds. The van der Waals surface area contributed by atoms with Crippen molar-refractivity contribution in [2.45, 2.75) is 24.4 Å². The van der Waals surface area contributed by atoms with E-state index in [0.29, 0.717) is 0 Å². The second kappa shape index (κ2) is 5.89. The van der Waals surface area contributed by atoms with Crippen LogP contribution in [-0.2, 0) is 9.53 Å². The topological polar surface area (TPSA) is 127 Å². The predicted octanol–water partition coefficient (Wildman–Crippen LogP) is -3.40. The summed E-state index contributed by atoms with van der Waals surface area (Å²) in [6.45, 7) is -0.799. The number of carbonyl (C=O) groups excluding carboxylic acids is 1. The fourth-order valence-electron chi connectivity index (χ4n) is 0.783. The van der Waals surface area contributed by atoms with Crippen molar-refractivity contribution in [1.29, 1.82) is 0 Å². The molecule has 84 valence electrons. The number of carbonyl (C=O) groups is 1. The summed E-state index contributed by atoms with van der Waals surface area (Å²) >= 11 is 0. The van der Waals surface area contributed by atoms with E-state index in [1.54, 1.807) is 0 Å². The van der Waals surface area contributed by atoms with E-state index in [4.69, 9.17) is 25.5 Å². The molecule has 0 bridgehead atoms. The Morgan fingerprint density at radius 3 is 2.07 bits per heavy atom. The highest BCUT2D eigenvalue weighted by Crippen LogP contribution is 2.05. The Labute approximate surface area is 80.2 Å². The Balaban J connectivity index is 4.30. The van der Waals surface area contributed by atoms with Crippen molar-refractivity contribution >= 4 is 5.97 Å². The van der Waals surface area contributed by atoms with Gasteiger partial charge in [0.2, 0.25) is 0 Å². The minimum atomic E-state index is -1.96. The van der Waals surface area contributed by atoms with Crippen LogP contribution in [0.4, 0.5) is 0 Å². The zero-order chi connectivity index (χ0) is 11.3. The lowest BCUT2D eigenvalue weighted by Gasteiger charge is -2.23. The molecule has 4 atom stereocenters. The molecule has 0 saturated heterocycles. The van der Waals surface area contributed by atoms with Crippen LogP contribution in [0.2, 0.25) is 0 Å². The first kappa shape index (κ1) is 13.3. The first-order chi connectivity index (χ1) is 6.45. The Bertz CT molecular complexity index is 183. The standard InChI is InChI=1S/C7H14O7/c1-14-7(13)6(12)5(11)4(10)3(9)2-8/h3-6,8-12H,2H2,1H3. The Hall–Kier alpha value is -0.730. The van der Waals surface area contributed by atoms with E-state index in [-0.39, 0.29) is 0 Å². The number of rotatable bonds is 5. The summed E-state index contributed by atoms with van der Waals surface area (Å²) in [4.78, 5) is 10.7. The highest BCUT2D eigenvalue weighted by atomic mass is 16.5. The van der Waals surface area contributed by atoms with Gasteiger partial charge in [0.1, 0.15) is 18.3 Å². The Morgan fingerprint density at radius 2 is 1.71 bits per heavy atom. The molecule has 7 heteroatoms. The number of aliphatic hydroxyl groups is 5. The van der Waals surface area contributed by atoms with Crippen molar-refractivity contribution in [3.63, 3.8) is 0 Å². The maximum absolute atomic E-state index is 10.7. The molecule has 0 aromatic rings. The van der Waals surface area contributed by atoms with Crippen LogP contribution in [0.1, 0.15) is 0 Å². The molecule has 0 aliphatic carbocycles. The highest BCUT2D eigenvalue weighted by molar-refractivity contribution is 5.75. The van der Waals surface area contributed by atoms with Gasteiger partial charge in [0.15, 0.2) is 6.10 Å². The molecular weight excluding hydrogens is 196 g/mol. The molecule has 0 aliphatic heterocycles. The summed E-state index contributed by atoms with van der Waals surface area (Å²) in [6, 6.07) is 0. The monoisotopic (exact) mass is 210 g/mol. The highest BCUT2D eigenvalue weighted by Gasteiger charge is 2.34. The van der Waals surface area contributed by atoms with Gasteiger partial charge in [-0.2, -0.15) is 0 Å². The van der Waals surface area contributed by atoms with Crippen LogP contribution in [0.3, 0.4) is 0 Å². The van der Waals surface area contributed by atoms with Crippen molar-refractivity contribution < 1.29 is 35.1 Å². The van der Waals surface area contributed by atoms with Gasteiger partial charge in [-0.3, -0.25) is 0 Å². The van der Waals surface area contributed by atoms with Gasteiger partial charge in [0.05, 0.1) is 13.7 Å². The maximum atomic E-state index is 10.7. The van der Waals surface area contributed by atoms with Gasteiger partial charge in [0, 0.05) is 0 Å². The Morgan fingerprint density at radius 1 is 1.21 bits per heavy atom. The van der Waals surface area contributed by atoms with Crippen LogP contribution in [0.25, 0.3) is 0 Å². The van der Waals surface area contributed by atoms with Gasteiger partial charge in [-0.1, -0.05) is 0 Å². The largest absolute Gasteiger partial charge is 0.467 e. The van der Waals surface area contributed by atoms with E-state index < -0.39 is 37.0 Å². The van der Waals surface area contributed by atoms with Gasteiger partial charge in [0.25, 0.3) is 0 Å². The van der Waals surface area contributed by atoms with E-state index >= 15 is 0 Å². The number of esters is 1. The summed E-state index contributed by atoms with van der Waals surface area (Å²) in [7, 11) is 0.993. The molecule has 0 fully saturated rings. The molecule has 4 unspecified atom stereocenters. The van der Waals surface area contributed by atoms with Gasteiger partial charge in [-0.15, -0.1) is 0 Å². The zero-order valence-corrected chi connectivity index (χ0v) is 7.57. The average molecular weight is 210 g/mol. The van der Waals surface area contributed by atoms with Crippen molar-refractivity contribution in [3.8, 4) is 0 Å². The molecule has 0 aromatic carbocycles. The molecule has 0 radical (unpaired) electrons. The van der Waals surface area contributed by atoms with E-state index in [1.807, 2.05) is 0 Å². The molecule has 0 saturated carbocycles. The lowest BCUT2D eigenvalue weighted by Crippen LogP contribution is -2.48. The maximum Gasteiger partial charge on any atom is 0.337 e. The van der Waals surface area contributed by atoms with Crippen LogP contribution in [0.15, 0.2) is 0 Å². The number of hydrogen-bond acceptors (Lipinski definition) is 7. The summed E-state index contributed by atoms with van der Waals surface area (Å²) in [5, 5.41) is 44.5. The van der Waals surface area contributed by atoms with Crippen LogP contribution >= 0.6 is 0 Å². The summed E-state index contributed by atoms with van der Waals surface area (Å²) in [5.41, 5.74) is 0. The van der Waals surface area contributed by atoms with E-state index in [1.165, 1.54) is 0 Å². The van der Waals surface area contributed by atoms with Crippen molar-refractivity contribution in [2.24, 2.45) is 0 Å². The van der Waals surface area contributed by atoms with Crippen molar-refractivity contribution in [2.75, 3.05) is 13.7 Å². The smallest absolute Gasteiger partial charge is 0.337 e. The fourth-order valence-corrected chi connectivity index (χ4v) is 0.783. The van der Waals surface area contributed by atoms with Gasteiger partial charge >= 0.3 is 5.97 Å². The molecule has 7 nitrogen and oxygen atoms in total. The number of ether oxygens (including phenoxy) is 1. The molecule has 0 rings (SSSR count). The minimum absolute atomic E-state index is 0.799. The molecule has 0 aromatic heterocycles. The summed E-state index contributed by atoms with van der Waals surface area (Å²) in [5.74, 6) is -1.14. The molecular formula is C7H14O7. The van der Waals surface area contributed by atoms with E-state index in [2.05, 4.69) is 4.74 Å². The summed E-state index contributed by atoms with van der Waals surface area (Å²) in [6.07, 6.45) is -7.33. The van der Waals surface area contributed by atoms with Gasteiger partial charge in [-0.05, 0) is 0 Å². The van der Waals surface area contributed by atoms with Crippen molar-refractivity contribution in [3.05, 3.63) is 0 Å². The predicted molar refractivity (Wildman–Crippen MR) is 43.1 cm³/mol. The van der Waals surface area contributed by atoms with Crippen LogP contribution < -0.4 is 0 Å². The number of aliphatic hydroxyl groups excluding tert-OH is 5. The second-order valence-electron chi connectivity index (χ2n) is 2.70. The third-order valence-electron chi connectivity index (χ3n) is 1.70. The lowest BCUT2D eigenvalue weighted by molar-refractivity contribution is -0.167. The fraction of sp³-hybridized carbons (Fsp3) is 0.857. The third kappa shape index (κ3) is 3.20. The number of methoxy groups -OCH3 is 1.